The molecule has 2 aliphatic rings. The van der Waals surface area contributed by atoms with Gasteiger partial charge >= 0.3 is 6.09 Å². The number of hydrogen-bond donors (Lipinski definition) is 0. The number of nitrogens with zero attached hydrogens (tertiary/aromatic N) is 5. The quantitative estimate of drug-likeness (QED) is 0.600. The first-order valence-corrected chi connectivity index (χ1v) is 11.5. The first-order chi connectivity index (χ1) is 14.8. The maximum atomic E-state index is 14.9. The third-order valence-corrected chi connectivity index (χ3v) is 5.68. The summed E-state index contributed by atoms with van der Waals surface area (Å²) in [6.45, 7) is 2.46. The molecule has 0 radical (unpaired) electrons. The normalized spacial score (nSPS) is 19.6. The zero-order chi connectivity index (χ0) is 22.0. The summed E-state index contributed by atoms with van der Waals surface area (Å²) in [4.78, 5) is 25.5. The van der Waals surface area contributed by atoms with Gasteiger partial charge in [0.25, 0.3) is 10.1 Å². The van der Waals surface area contributed by atoms with Crippen molar-refractivity contribution in [2.75, 3.05) is 60.3 Å². The molecule has 4 rings (SSSR count). The summed E-state index contributed by atoms with van der Waals surface area (Å²) >= 11 is 0. The topological polar surface area (TPSA) is 105 Å². The lowest BCUT2D eigenvalue weighted by Crippen LogP contribution is -2.46. The van der Waals surface area contributed by atoms with Gasteiger partial charge in [0.1, 0.15) is 24.9 Å². The average Bonchev–Trinajstić information content (AvgIpc) is 3.13. The number of anilines is 3. The van der Waals surface area contributed by atoms with Gasteiger partial charge in [-0.2, -0.15) is 8.42 Å². The summed E-state index contributed by atoms with van der Waals surface area (Å²) in [5.41, 5.74) is 1.73. The van der Waals surface area contributed by atoms with Crippen molar-refractivity contribution < 1.29 is 26.5 Å². The molecule has 0 bridgehead atoms. The van der Waals surface area contributed by atoms with E-state index >= 15 is 0 Å². The van der Waals surface area contributed by atoms with Crippen LogP contribution in [0.5, 0.6) is 0 Å². The smallest absolute Gasteiger partial charge is 0.414 e. The van der Waals surface area contributed by atoms with Crippen LogP contribution in [0.25, 0.3) is 0 Å². The number of benzene rings is 1. The van der Waals surface area contributed by atoms with Crippen LogP contribution in [0.4, 0.5) is 26.2 Å². The second-order valence-electron chi connectivity index (χ2n) is 7.31. The average molecular weight is 451 g/mol. The van der Waals surface area contributed by atoms with Gasteiger partial charge in [-0.1, -0.05) is 0 Å². The van der Waals surface area contributed by atoms with Crippen molar-refractivity contribution in [3.63, 3.8) is 0 Å². The maximum absolute atomic E-state index is 14.9. The van der Waals surface area contributed by atoms with Gasteiger partial charge in [-0.25, -0.2) is 19.2 Å². The largest absolute Gasteiger partial charge is 0.441 e. The van der Waals surface area contributed by atoms with Crippen LogP contribution in [-0.2, 0) is 19.0 Å². The van der Waals surface area contributed by atoms with E-state index in [4.69, 9.17) is 4.74 Å². The van der Waals surface area contributed by atoms with E-state index in [1.54, 1.807) is 24.5 Å². The molecule has 12 heteroatoms. The van der Waals surface area contributed by atoms with Crippen molar-refractivity contribution >= 4 is 33.3 Å². The van der Waals surface area contributed by atoms with Crippen LogP contribution in [-0.4, -0.2) is 76.2 Å². The number of rotatable bonds is 6. The molecule has 0 aliphatic carbocycles. The molecule has 0 unspecified atom stereocenters. The van der Waals surface area contributed by atoms with Crippen molar-refractivity contribution in [2.45, 2.75) is 6.10 Å². The molecule has 1 aromatic carbocycles. The highest BCUT2D eigenvalue weighted by atomic mass is 32.2. The molecular weight excluding hydrogens is 429 g/mol. The van der Waals surface area contributed by atoms with Crippen LogP contribution in [0, 0.1) is 5.82 Å². The molecule has 0 N–H and O–H groups in total. The second kappa shape index (κ2) is 8.63. The lowest BCUT2D eigenvalue weighted by atomic mass is 10.2. The second-order valence-corrected chi connectivity index (χ2v) is 8.96. The van der Waals surface area contributed by atoms with Crippen molar-refractivity contribution in [3.05, 3.63) is 42.7 Å². The fourth-order valence-electron chi connectivity index (χ4n) is 3.60. The van der Waals surface area contributed by atoms with Gasteiger partial charge in [0, 0.05) is 26.2 Å². The Balaban J connectivity index is 1.39. The number of carbonyl (C=O) groups excluding carboxylic acids is 1. The lowest BCUT2D eigenvalue weighted by Gasteiger charge is -2.37. The van der Waals surface area contributed by atoms with Crippen molar-refractivity contribution in [3.8, 4) is 0 Å². The number of carbonyl (C=O) groups is 1. The number of piperazine rings is 1. The van der Waals surface area contributed by atoms with E-state index in [0.29, 0.717) is 37.6 Å². The summed E-state index contributed by atoms with van der Waals surface area (Å²) in [6, 6.07) is 4.57. The van der Waals surface area contributed by atoms with Gasteiger partial charge in [0.15, 0.2) is 0 Å². The Hall–Kier alpha value is -2.99. The summed E-state index contributed by atoms with van der Waals surface area (Å²) in [5.74, 6) is -0.447. The monoisotopic (exact) mass is 451 g/mol. The highest BCUT2D eigenvalue weighted by Crippen LogP contribution is 2.29. The number of cyclic esters (lactones) is 1. The fourth-order valence-corrected chi connectivity index (χ4v) is 4.00. The standard InChI is InChI=1S/C19H22FN5O5S/c1-31(27,28)29-12-16-11-25(19(26)30-16)14-2-3-18(17(20)8-14)24-6-4-23(5-7-24)15-9-21-13-22-10-15/h2-3,8-10,13,16H,4-7,11-12H2,1H3/t16-/m1/s1. The molecule has 0 saturated carbocycles. The summed E-state index contributed by atoms with van der Waals surface area (Å²) < 4.78 is 46.9. The fraction of sp³-hybridized carbons (Fsp3) is 0.421. The molecule has 3 heterocycles. The lowest BCUT2D eigenvalue weighted by molar-refractivity contribution is 0.107. The van der Waals surface area contributed by atoms with Gasteiger partial charge in [-0.15, -0.1) is 0 Å². The summed E-state index contributed by atoms with van der Waals surface area (Å²) in [7, 11) is -3.64. The molecule has 2 fully saturated rings. The Morgan fingerprint density at radius 2 is 1.81 bits per heavy atom. The van der Waals surface area contributed by atoms with Crippen LogP contribution in [0.2, 0.25) is 0 Å². The first-order valence-electron chi connectivity index (χ1n) is 9.67. The molecule has 0 spiro atoms. The van der Waals surface area contributed by atoms with E-state index in [1.807, 2.05) is 4.90 Å². The van der Waals surface area contributed by atoms with Gasteiger partial charge in [-0.3, -0.25) is 9.08 Å². The Kier molecular flexibility index (Phi) is 5.92. The van der Waals surface area contributed by atoms with Crippen LogP contribution in [0.1, 0.15) is 0 Å². The van der Waals surface area contributed by atoms with Gasteiger partial charge in [0.2, 0.25) is 0 Å². The summed E-state index contributed by atoms with van der Waals surface area (Å²) in [5, 5.41) is 0. The number of aromatic nitrogens is 2. The minimum Gasteiger partial charge on any atom is -0.441 e. The molecular formula is C19H22FN5O5S. The summed E-state index contributed by atoms with van der Waals surface area (Å²) in [6.07, 6.45) is 4.48. The highest BCUT2D eigenvalue weighted by molar-refractivity contribution is 7.85. The van der Waals surface area contributed by atoms with Crippen molar-refractivity contribution in [1.82, 2.24) is 9.97 Å². The van der Waals surface area contributed by atoms with E-state index in [1.165, 1.54) is 17.3 Å². The molecule has 10 nitrogen and oxygen atoms in total. The number of halogens is 1. The molecule has 166 valence electrons. The Morgan fingerprint density at radius 1 is 1.13 bits per heavy atom. The third kappa shape index (κ3) is 5.02. The first kappa shape index (κ1) is 21.2. The van der Waals surface area contributed by atoms with E-state index < -0.39 is 28.1 Å². The van der Waals surface area contributed by atoms with Crippen molar-refractivity contribution in [2.24, 2.45) is 0 Å². The molecule has 2 aromatic rings. The molecule has 1 atom stereocenters. The third-order valence-electron chi connectivity index (χ3n) is 5.12. The predicted octanol–water partition coefficient (Wildman–Crippen LogP) is 1.24. The molecule has 31 heavy (non-hydrogen) atoms. The predicted molar refractivity (Wildman–Crippen MR) is 111 cm³/mol. The van der Waals surface area contributed by atoms with Crippen LogP contribution in [0.3, 0.4) is 0 Å². The number of hydrogen-bond acceptors (Lipinski definition) is 9. The van der Waals surface area contributed by atoms with E-state index in [0.717, 1.165) is 11.9 Å². The molecule has 1 aromatic heterocycles. The Bertz CT molecular complexity index is 1050. The van der Waals surface area contributed by atoms with E-state index in [9.17, 15) is 17.6 Å². The maximum Gasteiger partial charge on any atom is 0.414 e. The highest BCUT2D eigenvalue weighted by Gasteiger charge is 2.34. The Labute approximate surface area is 179 Å². The number of amides is 1. The zero-order valence-electron chi connectivity index (χ0n) is 16.8. The Morgan fingerprint density at radius 3 is 2.45 bits per heavy atom. The minimum atomic E-state index is -3.64. The minimum absolute atomic E-state index is 0.0744. The molecule has 2 saturated heterocycles. The SMILES string of the molecule is CS(=O)(=O)OC[C@H]1CN(c2ccc(N3CCN(c4cncnc4)CC3)c(F)c2)C(=O)O1. The molecule has 2 aliphatic heterocycles. The zero-order valence-corrected chi connectivity index (χ0v) is 17.7. The van der Waals surface area contributed by atoms with Gasteiger partial charge in [0.05, 0.1) is 42.3 Å². The van der Waals surface area contributed by atoms with Gasteiger partial charge in [-0.05, 0) is 18.2 Å². The van der Waals surface area contributed by atoms with Crippen molar-refractivity contribution in [1.29, 1.82) is 0 Å². The number of ether oxygens (including phenoxy) is 1. The van der Waals surface area contributed by atoms with Crippen LogP contribution >= 0.6 is 0 Å². The van der Waals surface area contributed by atoms with Crippen LogP contribution in [0.15, 0.2) is 36.9 Å². The molecule has 1 amide bonds. The van der Waals surface area contributed by atoms with Crippen LogP contribution < -0.4 is 14.7 Å². The van der Waals surface area contributed by atoms with Gasteiger partial charge < -0.3 is 14.5 Å². The van der Waals surface area contributed by atoms with E-state index in [-0.39, 0.29) is 13.2 Å². The van der Waals surface area contributed by atoms with E-state index in [2.05, 4.69) is 19.1 Å².